The summed E-state index contributed by atoms with van der Waals surface area (Å²) < 4.78 is 0. The van der Waals surface area contributed by atoms with Crippen LogP contribution >= 0.6 is 0 Å². The van der Waals surface area contributed by atoms with Crippen LogP contribution in [0.25, 0.3) is 0 Å². The number of likely N-dealkylation sites (N-methyl/N-ethyl adjacent to an activating group) is 1. The van der Waals surface area contributed by atoms with Gasteiger partial charge in [0.05, 0.1) is 6.04 Å². The molecule has 0 rings (SSSR count). The zero-order valence-electron chi connectivity index (χ0n) is 8.11. The first-order chi connectivity index (χ1) is 6.04. The fourth-order valence-electron chi connectivity index (χ4n) is 0.734. The Morgan fingerprint density at radius 2 is 2.31 bits per heavy atom. The third kappa shape index (κ3) is 3.18. The van der Waals surface area contributed by atoms with E-state index in [9.17, 15) is 4.79 Å². The van der Waals surface area contributed by atoms with Crippen molar-refractivity contribution < 1.29 is 10.0 Å². The van der Waals surface area contributed by atoms with Crippen LogP contribution in [0.2, 0.25) is 0 Å². The Balaban J connectivity index is 4.24. The molecule has 1 atom stereocenters. The van der Waals surface area contributed by atoms with Gasteiger partial charge in [-0.25, -0.2) is 4.79 Å². The zero-order chi connectivity index (χ0) is 10.4. The highest BCUT2D eigenvalue weighted by molar-refractivity contribution is 5.88. The van der Waals surface area contributed by atoms with Crippen LogP contribution in [0.15, 0.2) is 5.16 Å². The van der Waals surface area contributed by atoms with Crippen molar-refractivity contribution >= 4 is 11.9 Å². The van der Waals surface area contributed by atoms with Crippen molar-refractivity contribution in [1.82, 2.24) is 10.2 Å². The summed E-state index contributed by atoms with van der Waals surface area (Å²) in [6, 6.07) is -0.668. The van der Waals surface area contributed by atoms with Gasteiger partial charge in [-0.15, -0.1) is 0 Å². The second-order valence-corrected chi connectivity index (χ2v) is 2.65. The topological polar surface area (TPSA) is 91.0 Å². The number of amidine groups is 1. The van der Waals surface area contributed by atoms with E-state index in [-0.39, 0.29) is 11.9 Å². The summed E-state index contributed by atoms with van der Waals surface area (Å²) in [6.45, 7) is 4.04. The summed E-state index contributed by atoms with van der Waals surface area (Å²) >= 11 is 0. The Labute approximate surface area is 77.4 Å². The molecule has 2 amide bonds. The molecule has 0 aliphatic rings. The molecule has 0 radical (unpaired) electrons. The van der Waals surface area contributed by atoms with Crippen LogP contribution in [0.3, 0.4) is 0 Å². The van der Waals surface area contributed by atoms with Crippen LogP contribution in [-0.2, 0) is 0 Å². The smallest absolute Gasteiger partial charge is 0.317 e. The van der Waals surface area contributed by atoms with Crippen LogP contribution in [0, 0.1) is 0 Å². The quantitative estimate of drug-likeness (QED) is 0.247. The van der Waals surface area contributed by atoms with Gasteiger partial charge in [0, 0.05) is 13.6 Å². The van der Waals surface area contributed by atoms with Gasteiger partial charge in [0.1, 0.15) is 0 Å². The molecule has 0 bridgehead atoms. The molecule has 0 saturated heterocycles. The highest BCUT2D eigenvalue weighted by Crippen LogP contribution is 1.95. The number of carbonyl (C=O) groups is 1. The minimum Gasteiger partial charge on any atom is -0.409 e. The number of nitrogens with zero attached hydrogens (tertiary/aromatic N) is 2. The van der Waals surface area contributed by atoms with E-state index in [1.807, 2.05) is 6.92 Å². The van der Waals surface area contributed by atoms with Gasteiger partial charge >= 0.3 is 6.03 Å². The third-order valence-electron chi connectivity index (χ3n) is 1.77. The molecular weight excluding hydrogens is 172 g/mol. The van der Waals surface area contributed by atoms with Gasteiger partial charge < -0.3 is 21.2 Å². The Morgan fingerprint density at radius 1 is 1.77 bits per heavy atom. The Hall–Kier alpha value is -1.46. The predicted molar refractivity (Wildman–Crippen MR) is 49.7 cm³/mol. The summed E-state index contributed by atoms with van der Waals surface area (Å²) in [5.74, 6) is 0.00810. The molecule has 13 heavy (non-hydrogen) atoms. The van der Waals surface area contributed by atoms with E-state index >= 15 is 0 Å². The van der Waals surface area contributed by atoms with Crippen LogP contribution in [0.4, 0.5) is 4.79 Å². The standard InChI is InChI=1S/C7H16N4O2/c1-4-9-7(12)11(3)5(2)6(8)10-13/h5,13H,4H2,1-3H3,(H2,8,10)(H,9,12). The van der Waals surface area contributed by atoms with Crippen molar-refractivity contribution in [2.24, 2.45) is 10.9 Å². The molecule has 0 spiro atoms. The summed E-state index contributed by atoms with van der Waals surface area (Å²) in [6.07, 6.45) is 0. The number of hydrogen-bond acceptors (Lipinski definition) is 3. The molecule has 0 saturated carbocycles. The maximum absolute atomic E-state index is 11.2. The van der Waals surface area contributed by atoms with E-state index in [0.717, 1.165) is 0 Å². The zero-order valence-corrected chi connectivity index (χ0v) is 8.11. The SMILES string of the molecule is CCNC(=O)N(C)C(C)C(N)=NO. The van der Waals surface area contributed by atoms with Crippen molar-refractivity contribution in [1.29, 1.82) is 0 Å². The van der Waals surface area contributed by atoms with E-state index in [1.54, 1.807) is 14.0 Å². The molecule has 0 aromatic rings. The Kier molecular flexibility index (Phi) is 4.64. The number of carbonyl (C=O) groups excluding carboxylic acids is 1. The largest absolute Gasteiger partial charge is 0.409 e. The minimum absolute atomic E-state index is 0.00810. The van der Waals surface area contributed by atoms with Crippen molar-refractivity contribution in [3.05, 3.63) is 0 Å². The Bertz CT molecular complexity index is 205. The monoisotopic (exact) mass is 188 g/mol. The molecule has 6 heteroatoms. The average Bonchev–Trinajstić information content (AvgIpc) is 2.14. The van der Waals surface area contributed by atoms with Gasteiger partial charge in [-0.3, -0.25) is 0 Å². The normalized spacial score (nSPS) is 13.6. The predicted octanol–water partition coefficient (Wildman–Crippen LogP) is -0.217. The van der Waals surface area contributed by atoms with Gasteiger partial charge in [-0.2, -0.15) is 0 Å². The third-order valence-corrected chi connectivity index (χ3v) is 1.77. The van der Waals surface area contributed by atoms with Gasteiger partial charge in [0.2, 0.25) is 0 Å². The number of rotatable bonds is 3. The Morgan fingerprint density at radius 3 is 2.69 bits per heavy atom. The first-order valence-corrected chi connectivity index (χ1v) is 4.02. The fourth-order valence-corrected chi connectivity index (χ4v) is 0.734. The number of oxime groups is 1. The van der Waals surface area contributed by atoms with Crippen molar-refractivity contribution in [3.63, 3.8) is 0 Å². The van der Waals surface area contributed by atoms with Gasteiger partial charge in [0.15, 0.2) is 5.84 Å². The lowest BCUT2D eigenvalue weighted by molar-refractivity contribution is 0.204. The summed E-state index contributed by atoms with van der Waals surface area (Å²) in [7, 11) is 1.58. The first kappa shape index (κ1) is 11.5. The van der Waals surface area contributed by atoms with E-state index in [1.165, 1.54) is 4.90 Å². The average molecular weight is 188 g/mol. The molecule has 76 valence electrons. The summed E-state index contributed by atoms with van der Waals surface area (Å²) in [5.41, 5.74) is 5.33. The van der Waals surface area contributed by atoms with Gasteiger partial charge in [0.25, 0.3) is 0 Å². The second-order valence-electron chi connectivity index (χ2n) is 2.65. The fraction of sp³-hybridized carbons (Fsp3) is 0.714. The molecule has 4 N–H and O–H groups in total. The highest BCUT2D eigenvalue weighted by Gasteiger charge is 2.18. The highest BCUT2D eigenvalue weighted by atomic mass is 16.4. The maximum atomic E-state index is 11.2. The molecule has 6 nitrogen and oxygen atoms in total. The van der Waals surface area contributed by atoms with Crippen LogP contribution in [0.1, 0.15) is 13.8 Å². The number of nitrogens with one attached hydrogen (secondary N) is 1. The second kappa shape index (κ2) is 5.23. The summed E-state index contributed by atoms with van der Waals surface area (Å²) in [4.78, 5) is 12.6. The lowest BCUT2D eigenvalue weighted by Crippen LogP contribution is -2.48. The molecule has 0 fully saturated rings. The molecule has 0 aliphatic heterocycles. The lowest BCUT2D eigenvalue weighted by Gasteiger charge is -2.23. The van der Waals surface area contributed by atoms with E-state index in [2.05, 4.69) is 10.5 Å². The molecule has 0 aromatic heterocycles. The van der Waals surface area contributed by atoms with Crippen molar-refractivity contribution in [3.8, 4) is 0 Å². The number of nitrogens with two attached hydrogens (primary N) is 1. The maximum Gasteiger partial charge on any atom is 0.317 e. The van der Waals surface area contributed by atoms with Crippen molar-refractivity contribution in [2.75, 3.05) is 13.6 Å². The molecule has 0 aromatic carbocycles. The summed E-state index contributed by atoms with van der Waals surface area (Å²) in [5, 5.41) is 13.8. The van der Waals surface area contributed by atoms with Crippen LogP contribution < -0.4 is 11.1 Å². The first-order valence-electron chi connectivity index (χ1n) is 4.02. The molecular formula is C7H16N4O2. The number of amides is 2. The van der Waals surface area contributed by atoms with Crippen molar-refractivity contribution in [2.45, 2.75) is 19.9 Å². The molecule has 1 unspecified atom stereocenters. The number of hydrogen-bond donors (Lipinski definition) is 3. The van der Waals surface area contributed by atoms with E-state index in [0.29, 0.717) is 6.54 Å². The minimum atomic E-state index is -0.420. The van der Waals surface area contributed by atoms with Crippen LogP contribution in [-0.4, -0.2) is 41.6 Å². The molecule has 0 aliphatic carbocycles. The van der Waals surface area contributed by atoms with Gasteiger partial charge in [-0.1, -0.05) is 5.16 Å². The number of urea groups is 1. The lowest BCUT2D eigenvalue weighted by atomic mass is 10.3. The van der Waals surface area contributed by atoms with Gasteiger partial charge in [-0.05, 0) is 13.8 Å². The van der Waals surface area contributed by atoms with E-state index in [4.69, 9.17) is 10.9 Å². The van der Waals surface area contributed by atoms with Crippen LogP contribution in [0.5, 0.6) is 0 Å². The van der Waals surface area contributed by atoms with E-state index < -0.39 is 6.04 Å². The molecule has 0 heterocycles.